The predicted octanol–water partition coefficient (Wildman–Crippen LogP) is 2.48. The molecular weight excluding hydrogens is 314 g/mol. The SMILES string of the molecule is Cc1nc(C)n(Cc2cccc(NCc3nnc4n3CCCC4)c2)n1. The summed E-state index contributed by atoms with van der Waals surface area (Å²) in [4.78, 5) is 4.36. The summed E-state index contributed by atoms with van der Waals surface area (Å²) in [7, 11) is 0. The molecule has 0 saturated carbocycles. The van der Waals surface area contributed by atoms with Gasteiger partial charge < -0.3 is 9.88 Å². The number of nitrogens with zero attached hydrogens (tertiary/aromatic N) is 6. The molecule has 1 aliphatic rings. The van der Waals surface area contributed by atoms with Crippen LogP contribution in [0, 0.1) is 13.8 Å². The van der Waals surface area contributed by atoms with E-state index in [1.165, 1.54) is 18.4 Å². The van der Waals surface area contributed by atoms with Gasteiger partial charge >= 0.3 is 0 Å². The van der Waals surface area contributed by atoms with E-state index in [1.54, 1.807) is 0 Å². The molecule has 1 aromatic carbocycles. The second-order valence-corrected chi connectivity index (χ2v) is 6.56. The van der Waals surface area contributed by atoms with Crippen LogP contribution in [0.1, 0.15) is 41.7 Å². The molecule has 0 atom stereocenters. The number of anilines is 1. The zero-order chi connectivity index (χ0) is 17.2. The van der Waals surface area contributed by atoms with E-state index in [4.69, 9.17) is 0 Å². The number of hydrogen-bond donors (Lipinski definition) is 1. The molecule has 0 aliphatic carbocycles. The molecule has 4 rings (SSSR count). The number of aromatic nitrogens is 6. The molecule has 0 amide bonds. The fourth-order valence-corrected chi connectivity index (χ4v) is 3.34. The van der Waals surface area contributed by atoms with Crippen LogP contribution in [0.5, 0.6) is 0 Å². The van der Waals surface area contributed by atoms with Gasteiger partial charge in [-0.2, -0.15) is 5.10 Å². The van der Waals surface area contributed by atoms with Crippen molar-refractivity contribution in [1.82, 2.24) is 29.5 Å². The van der Waals surface area contributed by atoms with E-state index in [9.17, 15) is 0 Å². The van der Waals surface area contributed by atoms with E-state index in [1.807, 2.05) is 18.5 Å². The van der Waals surface area contributed by atoms with Crippen molar-refractivity contribution in [1.29, 1.82) is 0 Å². The lowest BCUT2D eigenvalue weighted by Crippen LogP contribution is -2.15. The Morgan fingerprint density at radius 1 is 1.16 bits per heavy atom. The minimum absolute atomic E-state index is 0.692. The lowest BCUT2D eigenvalue weighted by Gasteiger charge is -2.15. The van der Waals surface area contributed by atoms with Crippen LogP contribution in [-0.4, -0.2) is 29.5 Å². The Kier molecular flexibility index (Phi) is 4.21. The van der Waals surface area contributed by atoms with Crippen LogP contribution >= 0.6 is 0 Å². The van der Waals surface area contributed by atoms with Crippen molar-refractivity contribution in [3.05, 3.63) is 53.1 Å². The zero-order valence-electron chi connectivity index (χ0n) is 14.7. The molecule has 0 bridgehead atoms. The van der Waals surface area contributed by atoms with Crippen LogP contribution < -0.4 is 5.32 Å². The Balaban J connectivity index is 1.45. The van der Waals surface area contributed by atoms with E-state index < -0.39 is 0 Å². The highest BCUT2D eigenvalue weighted by atomic mass is 15.3. The highest BCUT2D eigenvalue weighted by Gasteiger charge is 2.15. The van der Waals surface area contributed by atoms with Crippen molar-refractivity contribution in [3.63, 3.8) is 0 Å². The Labute approximate surface area is 147 Å². The summed E-state index contributed by atoms with van der Waals surface area (Å²) in [6, 6.07) is 8.41. The van der Waals surface area contributed by atoms with Gasteiger partial charge in [0.05, 0.1) is 13.1 Å². The molecule has 3 heterocycles. The Bertz CT molecular complexity index is 877. The summed E-state index contributed by atoms with van der Waals surface area (Å²) < 4.78 is 4.19. The molecule has 7 nitrogen and oxygen atoms in total. The van der Waals surface area contributed by atoms with Gasteiger partial charge in [-0.05, 0) is 44.4 Å². The second-order valence-electron chi connectivity index (χ2n) is 6.56. The van der Waals surface area contributed by atoms with E-state index >= 15 is 0 Å². The van der Waals surface area contributed by atoms with Crippen molar-refractivity contribution < 1.29 is 0 Å². The molecular formula is C18H23N7. The van der Waals surface area contributed by atoms with Gasteiger partial charge in [-0.3, -0.25) is 0 Å². The smallest absolute Gasteiger partial charge is 0.152 e. The average Bonchev–Trinajstić information content (AvgIpc) is 3.16. The highest BCUT2D eigenvalue weighted by Crippen LogP contribution is 2.17. The van der Waals surface area contributed by atoms with E-state index in [0.29, 0.717) is 6.54 Å². The third-order valence-electron chi connectivity index (χ3n) is 4.61. The molecule has 0 unspecified atom stereocenters. The molecule has 7 heteroatoms. The average molecular weight is 337 g/mol. The molecule has 1 N–H and O–H groups in total. The summed E-state index contributed by atoms with van der Waals surface area (Å²) >= 11 is 0. The minimum atomic E-state index is 0.692. The quantitative estimate of drug-likeness (QED) is 0.774. The Morgan fingerprint density at radius 2 is 2.08 bits per heavy atom. The minimum Gasteiger partial charge on any atom is -0.378 e. The molecule has 130 valence electrons. The van der Waals surface area contributed by atoms with Crippen molar-refractivity contribution >= 4 is 5.69 Å². The fourth-order valence-electron chi connectivity index (χ4n) is 3.34. The van der Waals surface area contributed by atoms with Crippen LogP contribution in [0.25, 0.3) is 0 Å². The molecule has 0 radical (unpaired) electrons. The maximum absolute atomic E-state index is 4.43. The number of benzene rings is 1. The summed E-state index contributed by atoms with van der Waals surface area (Å²) in [5, 5.41) is 16.6. The van der Waals surface area contributed by atoms with E-state index in [0.717, 1.165) is 48.5 Å². The second kappa shape index (κ2) is 6.66. The maximum Gasteiger partial charge on any atom is 0.152 e. The van der Waals surface area contributed by atoms with Gasteiger partial charge in [-0.1, -0.05) is 12.1 Å². The first-order valence-electron chi connectivity index (χ1n) is 8.81. The van der Waals surface area contributed by atoms with Gasteiger partial charge in [0.15, 0.2) is 5.82 Å². The Morgan fingerprint density at radius 3 is 2.92 bits per heavy atom. The van der Waals surface area contributed by atoms with Crippen LogP contribution in [-0.2, 0) is 26.1 Å². The van der Waals surface area contributed by atoms with Gasteiger partial charge in [0.2, 0.25) is 0 Å². The highest BCUT2D eigenvalue weighted by molar-refractivity contribution is 5.45. The standard InChI is InChI=1S/C18H23N7/c1-13-20-14(2)25(23-13)12-15-6-5-7-16(10-15)19-11-18-22-21-17-8-3-4-9-24(17)18/h5-7,10,19H,3-4,8-9,11-12H2,1-2H3. The first-order chi connectivity index (χ1) is 12.2. The van der Waals surface area contributed by atoms with Gasteiger partial charge in [0.1, 0.15) is 17.5 Å². The normalized spacial score (nSPS) is 13.7. The van der Waals surface area contributed by atoms with Crippen LogP contribution in [0.3, 0.4) is 0 Å². The molecule has 25 heavy (non-hydrogen) atoms. The molecule has 0 saturated heterocycles. The van der Waals surface area contributed by atoms with Crippen LogP contribution in [0.4, 0.5) is 5.69 Å². The number of fused-ring (bicyclic) bond motifs is 1. The largest absolute Gasteiger partial charge is 0.378 e. The molecule has 0 fully saturated rings. The first kappa shape index (κ1) is 15.8. The van der Waals surface area contributed by atoms with Crippen molar-refractivity contribution in [2.75, 3.05) is 5.32 Å². The predicted molar refractivity (Wildman–Crippen MR) is 95.3 cm³/mol. The summed E-state index contributed by atoms with van der Waals surface area (Å²) in [5.41, 5.74) is 2.28. The van der Waals surface area contributed by atoms with Crippen LogP contribution in [0.15, 0.2) is 24.3 Å². The Hall–Kier alpha value is -2.70. The number of aryl methyl sites for hydroxylation is 3. The number of rotatable bonds is 5. The zero-order valence-corrected chi connectivity index (χ0v) is 14.7. The van der Waals surface area contributed by atoms with Gasteiger partial charge in [0, 0.05) is 18.7 Å². The number of hydrogen-bond acceptors (Lipinski definition) is 5. The lowest BCUT2D eigenvalue weighted by atomic mass is 10.1. The summed E-state index contributed by atoms with van der Waals surface area (Å²) in [5.74, 6) is 3.88. The topological polar surface area (TPSA) is 73.5 Å². The molecule has 1 aliphatic heterocycles. The first-order valence-corrected chi connectivity index (χ1v) is 8.81. The molecule has 3 aromatic rings. The van der Waals surface area contributed by atoms with Crippen LogP contribution in [0.2, 0.25) is 0 Å². The van der Waals surface area contributed by atoms with Crippen molar-refractivity contribution in [2.24, 2.45) is 0 Å². The maximum atomic E-state index is 4.43. The fraction of sp³-hybridized carbons (Fsp3) is 0.444. The van der Waals surface area contributed by atoms with E-state index in [2.05, 4.69) is 54.4 Å². The molecule has 0 spiro atoms. The summed E-state index contributed by atoms with van der Waals surface area (Å²) in [6.45, 7) is 6.35. The molecule has 2 aromatic heterocycles. The van der Waals surface area contributed by atoms with Crippen molar-refractivity contribution in [2.45, 2.75) is 52.7 Å². The van der Waals surface area contributed by atoms with Gasteiger partial charge in [-0.15, -0.1) is 10.2 Å². The lowest BCUT2D eigenvalue weighted by molar-refractivity contribution is 0.510. The van der Waals surface area contributed by atoms with Crippen molar-refractivity contribution in [3.8, 4) is 0 Å². The van der Waals surface area contributed by atoms with Gasteiger partial charge in [-0.25, -0.2) is 9.67 Å². The van der Waals surface area contributed by atoms with E-state index in [-0.39, 0.29) is 0 Å². The van der Waals surface area contributed by atoms with Gasteiger partial charge in [0.25, 0.3) is 0 Å². The third-order valence-corrected chi connectivity index (χ3v) is 4.61. The summed E-state index contributed by atoms with van der Waals surface area (Å²) in [6.07, 6.45) is 3.47. The monoisotopic (exact) mass is 337 g/mol. The number of nitrogens with one attached hydrogen (secondary N) is 1. The third kappa shape index (κ3) is 3.40.